The first-order valence-electron chi connectivity index (χ1n) is 9.42. The van der Waals surface area contributed by atoms with Crippen molar-refractivity contribution in [2.45, 2.75) is 20.3 Å². The molecule has 2 rings (SSSR count). The molecule has 0 atom stereocenters. The quantitative estimate of drug-likeness (QED) is 0.477. The van der Waals surface area contributed by atoms with E-state index in [1.807, 2.05) is 12.1 Å². The third kappa shape index (κ3) is 7.32. The van der Waals surface area contributed by atoms with E-state index >= 15 is 0 Å². The van der Waals surface area contributed by atoms with E-state index in [9.17, 15) is 9.59 Å². The Kier molecular flexibility index (Phi) is 8.35. The number of halogens is 1. The number of hydrogen-bond acceptors (Lipinski definition) is 2. The fourth-order valence-corrected chi connectivity index (χ4v) is 3.27. The van der Waals surface area contributed by atoms with E-state index in [1.54, 1.807) is 12.1 Å². The van der Waals surface area contributed by atoms with Crippen LogP contribution in [0.2, 0.25) is 5.02 Å². The highest BCUT2D eigenvalue weighted by Crippen LogP contribution is 2.19. The molecule has 0 saturated carbocycles. The average Bonchev–Trinajstić information content (AvgIpc) is 2.58. The van der Waals surface area contributed by atoms with E-state index in [4.69, 9.17) is 11.6 Å². The van der Waals surface area contributed by atoms with Gasteiger partial charge in [0.15, 0.2) is 13.1 Å². The van der Waals surface area contributed by atoms with E-state index in [1.165, 1.54) is 9.80 Å². The van der Waals surface area contributed by atoms with Crippen LogP contribution in [-0.2, 0) is 9.59 Å². The smallest absolute Gasteiger partial charge is 0.279 e. The van der Waals surface area contributed by atoms with Gasteiger partial charge < -0.3 is 20.4 Å². The fraction of sp³-hybridized carbons (Fsp3) is 0.579. The number of carbonyl (C=O) groups is 2. The number of benzene rings is 1. The molecule has 1 aliphatic rings. The summed E-state index contributed by atoms with van der Waals surface area (Å²) in [4.78, 5) is 26.7. The molecular weight excluding hydrogens is 352 g/mol. The molecule has 1 fully saturated rings. The Hall–Kier alpha value is -1.63. The molecule has 0 aromatic heterocycles. The largest absolute Gasteiger partial charge is 0.351 e. The summed E-state index contributed by atoms with van der Waals surface area (Å²) in [5.74, 6) is 0.704. The molecule has 144 valence electrons. The molecule has 1 aliphatic heterocycles. The molecule has 1 heterocycles. The number of carbonyl (C=O) groups excluding carboxylic acids is 2. The van der Waals surface area contributed by atoms with Crippen LogP contribution in [0.1, 0.15) is 20.3 Å². The standard InChI is InChI=1S/C19H29ClN4O2/c1-15(2)7-8-21-18(25)13-23-9-11-24(12-10-23)14-19(26)22-17-6-4-3-5-16(17)20/h3-6,15H,7-14H2,1-2H3,(H,21,25)(H,22,26)/p+2. The molecule has 0 aliphatic carbocycles. The van der Waals surface area contributed by atoms with E-state index < -0.39 is 0 Å². The summed E-state index contributed by atoms with van der Waals surface area (Å²) in [6.45, 7) is 9.62. The summed E-state index contributed by atoms with van der Waals surface area (Å²) in [7, 11) is 0. The third-order valence-corrected chi connectivity index (χ3v) is 5.01. The van der Waals surface area contributed by atoms with Crippen molar-refractivity contribution >= 4 is 29.1 Å². The molecule has 0 bridgehead atoms. The van der Waals surface area contributed by atoms with E-state index in [-0.39, 0.29) is 11.8 Å². The van der Waals surface area contributed by atoms with Gasteiger partial charge in [-0.2, -0.15) is 0 Å². The van der Waals surface area contributed by atoms with Crippen molar-refractivity contribution in [3.05, 3.63) is 29.3 Å². The summed E-state index contributed by atoms with van der Waals surface area (Å²) < 4.78 is 0. The first-order valence-corrected chi connectivity index (χ1v) is 9.80. The molecule has 0 spiro atoms. The lowest BCUT2D eigenvalue weighted by Crippen LogP contribution is -3.28. The Bertz CT molecular complexity index is 601. The maximum atomic E-state index is 12.2. The number of amides is 2. The van der Waals surface area contributed by atoms with Gasteiger partial charge in [0.05, 0.1) is 10.7 Å². The van der Waals surface area contributed by atoms with Crippen LogP contribution in [-0.4, -0.2) is 57.6 Å². The van der Waals surface area contributed by atoms with Crippen LogP contribution in [0, 0.1) is 5.92 Å². The number of nitrogens with one attached hydrogen (secondary N) is 4. The highest BCUT2D eigenvalue weighted by Gasteiger charge is 2.26. The van der Waals surface area contributed by atoms with Crippen LogP contribution in [0.4, 0.5) is 5.69 Å². The Morgan fingerprint density at radius 2 is 1.62 bits per heavy atom. The van der Waals surface area contributed by atoms with Crippen molar-refractivity contribution in [1.82, 2.24) is 5.32 Å². The number of para-hydroxylation sites is 1. The summed E-state index contributed by atoms with van der Waals surface area (Å²) >= 11 is 6.07. The van der Waals surface area contributed by atoms with Gasteiger partial charge in [-0.15, -0.1) is 0 Å². The zero-order valence-electron chi connectivity index (χ0n) is 15.7. The molecule has 1 aromatic rings. The van der Waals surface area contributed by atoms with E-state index in [0.717, 1.165) is 39.1 Å². The van der Waals surface area contributed by atoms with Crippen molar-refractivity contribution in [2.24, 2.45) is 5.92 Å². The lowest BCUT2D eigenvalue weighted by molar-refractivity contribution is -1.00. The van der Waals surface area contributed by atoms with Gasteiger partial charge in [0.25, 0.3) is 11.8 Å². The normalized spacial score (nSPS) is 20.0. The van der Waals surface area contributed by atoms with Crippen LogP contribution < -0.4 is 20.4 Å². The number of quaternary nitrogens is 2. The molecule has 4 N–H and O–H groups in total. The van der Waals surface area contributed by atoms with Crippen LogP contribution in [0.15, 0.2) is 24.3 Å². The minimum absolute atomic E-state index is 0.0250. The van der Waals surface area contributed by atoms with Gasteiger partial charge in [-0.1, -0.05) is 37.6 Å². The van der Waals surface area contributed by atoms with Gasteiger partial charge >= 0.3 is 0 Å². The van der Waals surface area contributed by atoms with Gasteiger partial charge in [0.1, 0.15) is 26.2 Å². The highest BCUT2D eigenvalue weighted by atomic mass is 35.5. The summed E-state index contributed by atoms with van der Waals surface area (Å²) in [5.41, 5.74) is 0.654. The topological polar surface area (TPSA) is 67.1 Å². The van der Waals surface area contributed by atoms with Crippen LogP contribution in [0.25, 0.3) is 0 Å². The number of hydrogen-bond donors (Lipinski definition) is 4. The Morgan fingerprint density at radius 3 is 2.19 bits per heavy atom. The first kappa shape index (κ1) is 20.7. The van der Waals surface area contributed by atoms with Gasteiger partial charge in [-0.05, 0) is 24.5 Å². The van der Waals surface area contributed by atoms with Crippen molar-refractivity contribution in [1.29, 1.82) is 0 Å². The second-order valence-corrected chi connectivity index (χ2v) is 7.82. The minimum atomic E-state index is -0.0250. The SMILES string of the molecule is CC(C)CCNC(=O)C[NH+]1CC[NH+](CC(=O)Nc2ccccc2Cl)CC1. The molecule has 0 radical (unpaired) electrons. The van der Waals surface area contributed by atoms with E-state index in [0.29, 0.717) is 29.7 Å². The lowest BCUT2D eigenvalue weighted by atomic mass is 10.1. The van der Waals surface area contributed by atoms with Crippen LogP contribution in [0.3, 0.4) is 0 Å². The van der Waals surface area contributed by atoms with Gasteiger partial charge in [0.2, 0.25) is 0 Å². The monoisotopic (exact) mass is 382 g/mol. The molecule has 6 nitrogen and oxygen atoms in total. The summed E-state index contributed by atoms with van der Waals surface area (Å²) in [6.07, 6.45) is 1.01. The predicted molar refractivity (Wildman–Crippen MR) is 104 cm³/mol. The second-order valence-electron chi connectivity index (χ2n) is 7.41. The second kappa shape index (κ2) is 10.5. The maximum Gasteiger partial charge on any atom is 0.279 e. The van der Waals surface area contributed by atoms with Gasteiger partial charge in [-0.25, -0.2) is 0 Å². The number of anilines is 1. The average molecular weight is 383 g/mol. The Morgan fingerprint density at radius 1 is 1.04 bits per heavy atom. The molecular formula is C19H31ClN4O2+2. The van der Waals surface area contributed by atoms with Crippen LogP contribution >= 0.6 is 11.6 Å². The number of rotatable bonds is 8. The Balaban J connectivity index is 1.66. The van der Waals surface area contributed by atoms with Crippen molar-refractivity contribution in [3.63, 3.8) is 0 Å². The summed E-state index contributed by atoms with van der Waals surface area (Å²) in [5, 5.41) is 6.41. The number of piperazine rings is 1. The maximum absolute atomic E-state index is 12.2. The molecule has 26 heavy (non-hydrogen) atoms. The molecule has 0 unspecified atom stereocenters. The van der Waals surface area contributed by atoms with Crippen molar-refractivity contribution in [2.75, 3.05) is 51.1 Å². The molecule has 1 aromatic carbocycles. The Labute approximate surface area is 160 Å². The molecule has 1 saturated heterocycles. The molecule has 2 amide bonds. The van der Waals surface area contributed by atoms with Crippen LogP contribution in [0.5, 0.6) is 0 Å². The predicted octanol–water partition coefficient (Wildman–Crippen LogP) is -0.776. The zero-order valence-corrected chi connectivity index (χ0v) is 16.5. The fourth-order valence-electron chi connectivity index (χ4n) is 3.08. The van der Waals surface area contributed by atoms with Crippen molar-refractivity contribution in [3.8, 4) is 0 Å². The van der Waals surface area contributed by atoms with E-state index in [2.05, 4.69) is 24.5 Å². The minimum Gasteiger partial charge on any atom is -0.351 e. The van der Waals surface area contributed by atoms with Gasteiger partial charge in [-0.3, -0.25) is 9.59 Å². The zero-order chi connectivity index (χ0) is 18.9. The lowest BCUT2D eigenvalue weighted by Gasteiger charge is -2.29. The first-order chi connectivity index (χ1) is 12.4. The van der Waals surface area contributed by atoms with Gasteiger partial charge in [0, 0.05) is 6.54 Å². The summed E-state index contributed by atoms with van der Waals surface area (Å²) in [6, 6.07) is 7.25. The molecule has 7 heteroatoms. The highest BCUT2D eigenvalue weighted by molar-refractivity contribution is 6.33. The van der Waals surface area contributed by atoms with Crippen molar-refractivity contribution < 1.29 is 19.4 Å². The third-order valence-electron chi connectivity index (χ3n) is 4.68.